The van der Waals surface area contributed by atoms with E-state index in [0.717, 1.165) is 0 Å². The molecule has 0 heterocycles. The van der Waals surface area contributed by atoms with E-state index >= 15 is 0 Å². The molecule has 0 aliphatic carbocycles. The first kappa shape index (κ1) is 9.88. The van der Waals surface area contributed by atoms with Crippen molar-refractivity contribution in [3.8, 4) is 0 Å². The van der Waals surface area contributed by atoms with Gasteiger partial charge in [0.25, 0.3) is 0 Å². The Morgan fingerprint density at radius 2 is 1.91 bits per heavy atom. The molecule has 0 spiro atoms. The van der Waals surface area contributed by atoms with Crippen LogP contribution >= 0.6 is 0 Å². The number of carbonyl (C=O) groups is 2. The molecular formula is C8H13NO2. The van der Waals surface area contributed by atoms with E-state index in [1.165, 1.54) is 6.08 Å². The summed E-state index contributed by atoms with van der Waals surface area (Å²) < 4.78 is 0. The van der Waals surface area contributed by atoms with Crippen LogP contribution in [0.2, 0.25) is 0 Å². The van der Waals surface area contributed by atoms with Gasteiger partial charge in [-0.15, -0.1) is 0 Å². The van der Waals surface area contributed by atoms with Crippen molar-refractivity contribution in [1.82, 2.24) is 5.32 Å². The molecule has 0 saturated heterocycles. The lowest BCUT2D eigenvalue weighted by Crippen LogP contribution is -2.18. The third kappa shape index (κ3) is 6.77. The Balaban J connectivity index is 3.93. The fourth-order valence-corrected chi connectivity index (χ4v) is 0.432. The normalized spacial score (nSPS) is 11.5. The number of hydrogen-bond donors (Lipinski definition) is 1. The van der Waals surface area contributed by atoms with Crippen molar-refractivity contribution in [2.75, 3.05) is 0 Å². The molecule has 0 saturated carbocycles. The molecule has 0 aromatic heterocycles. The zero-order chi connectivity index (χ0) is 8.91. The molecule has 0 aromatic carbocycles. The molecule has 0 atom stereocenters. The standard InChI is InChI=1S/C8H13NO2/c1-8(2,3)5-4-7(11)9-6-10/h4-6H,1-3H3,(H,9,10,11). The second-order valence-electron chi connectivity index (χ2n) is 3.33. The van der Waals surface area contributed by atoms with Crippen LogP contribution in [0.4, 0.5) is 0 Å². The fraction of sp³-hybridized carbons (Fsp3) is 0.500. The van der Waals surface area contributed by atoms with Crippen LogP contribution in [0.3, 0.4) is 0 Å². The van der Waals surface area contributed by atoms with Crippen LogP contribution in [-0.4, -0.2) is 12.3 Å². The first-order chi connectivity index (χ1) is 4.95. The molecule has 0 rings (SSSR count). The van der Waals surface area contributed by atoms with Crippen molar-refractivity contribution in [2.45, 2.75) is 20.8 Å². The molecule has 0 aliphatic heterocycles. The maximum Gasteiger partial charge on any atom is 0.250 e. The van der Waals surface area contributed by atoms with Gasteiger partial charge in [0.2, 0.25) is 12.3 Å². The Bertz CT molecular complexity index is 177. The number of rotatable bonds is 2. The SMILES string of the molecule is CC(C)(C)C=CC(=O)NC=O. The second kappa shape index (κ2) is 3.91. The molecule has 3 heteroatoms. The molecule has 3 nitrogen and oxygen atoms in total. The van der Waals surface area contributed by atoms with Crippen molar-refractivity contribution in [2.24, 2.45) is 5.41 Å². The number of hydrogen-bond acceptors (Lipinski definition) is 2. The Kier molecular flexibility index (Phi) is 3.51. The van der Waals surface area contributed by atoms with Crippen LogP contribution in [0, 0.1) is 5.41 Å². The lowest BCUT2D eigenvalue weighted by molar-refractivity contribution is -0.121. The highest BCUT2D eigenvalue weighted by molar-refractivity contribution is 5.94. The van der Waals surface area contributed by atoms with E-state index in [1.54, 1.807) is 6.08 Å². The maximum absolute atomic E-state index is 10.7. The van der Waals surface area contributed by atoms with Crippen molar-refractivity contribution < 1.29 is 9.59 Å². The van der Waals surface area contributed by atoms with Crippen LogP contribution in [0.1, 0.15) is 20.8 Å². The van der Waals surface area contributed by atoms with Gasteiger partial charge in [0.15, 0.2) is 0 Å². The van der Waals surface area contributed by atoms with Crippen LogP contribution < -0.4 is 5.32 Å². The monoisotopic (exact) mass is 155 g/mol. The molecular weight excluding hydrogens is 142 g/mol. The van der Waals surface area contributed by atoms with Crippen LogP contribution in [-0.2, 0) is 9.59 Å². The fourth-order valence-electron chi connectivity index (χ4n) is 0.432. The van der Waals surface area contributed by atoms with Crippen LogP contribution in [0.25, 0.3) is 0 Å². The summed E-state index contributed by atoms with van der Waals surface area (Å²) in [5, 5.41) is 2.01. The summed E-state index contributed by atoms with van der Waals surface area (Å²) in [7, 11) is 0. The summed E-state index contributed by atoms with van der Waals surface area (Å²) in [5.41, 5.74) is -0.0276. The predicted molar refractivity (Wildman–Crippen MR) is 42.8 cm³/mol. The van der Waals surface area contributed by atoms with Gasteiger partial charge in [0.05, 0.1) is 0 Å². The third-order valence-electron chi connectivity index (χ3n) is 0.936. The van der Waals surface area contributed by atoms with Crippen molar-refractivity contribution in [3.63, 3.8) is 0 Å². The van der Waals surface area contributed by atoms with Gasteiger partial charge in [-0.1, -0.05) is 26.8 Å². The molecule has 11 heavy (non-hydrogen) atoms. The minimum Gasteiger partial charge on any atom is -0.295 e. The molecule has 0 unspecified atom stereocenters. The molecule has 0 aliphatic rings. The first-order valence-corrected chi connectivity index (χ1v) is 3.39. The number of allylic oxidation sites excluding steroid dienone is 1. The van der Waals surface area contributed by atoms with Gasteiger partial charge in [-0.2, -0.15) is 0 Å². The van der Waals surface area contributed by atoms with E-state index in [1.807, 2.05) is 26.1 Å². The van der Waals surface area contributed by atoms with E-state index in [2.05, 4.69) is 0 Å². The van der Waals surface area contributed by atoms with Crippen LogP contribution in [0.5, 0.6) is 0 Å². The maximum atomic E-state index is 10.7. The number of imide groups is 1. The average Bonchev–Trinajstić information content (AvgIpc) is 1.83. The Morgan fingerprint density at radius 1 is 1.36 bits per heavy atom. The van der Waals surface area contributed by atoms with Gasteiger partial charge in [-0.05, 0) is 11.5 Å². The molecule has 62 valence electrons. The molecule has 0 radical (unpaired) electrons. The van der Waals surface area contributed by atoms with Crippen molar-refractivity contribution in [3.05, 3.63) is 12.2 Å². The highest BCUT2D eigenvalue weighted by Crippen LogP contribution is 2.13. The lowest BCUT2D eigenvalue weighted by atomic mass is 9.96. The van der Waals surface area contributed by atoms with E-state index in [9.17, 15) is 9.59 Å². The summed E-state index contributed by atoms with van der Waals surface area (Å²) in [6, 6.07) is 0. The van der Waals surface area contributed by atoms with E-state index in [0.29, 0.717) is 6.41 Å². The summed E-state index contributed by atoms with van der Waals surface area (Å²) in [6.07, 6.45) is 3.47. The molecule has 1 N–H and O–H groups in total. The van der Waals surface area contributed by atoms with Gasteiger partial charge in [-0.3, -0.25) is 14.9 Å². The lowest BCUT2D eigenvalue weighted by Gasteiger charge is -2.10. The zero-order valence-electron chi connectivity index (χ0n) is 7.05. The van der Waals surface area contributed by atoms with Crippen molar-refractivity contribution >= 4 is 12.3 Å². The van der Waals surface area contributed by atoms with Crippen molar-refractivity contribution in [1.29, 1.82) is 0 Å². The Morgan fingerprint density at radius 3 is 2.27 bits per heavy atom. The summed E-state index contributed by atoms with van der Waals surface area (Å²) >= 11 is 0. The Labute approximate surface area is 66.5 Å². The molecule has 0 aromatic rings. The van der Waals surface area contributed by atoms with Gasteiger partial charge in [0, 0.05) is 0 Å². The zero-order valence-corrected chi connectivity index (χ0v) is 7.05. The number of carbonyl (C=O) groups excluding carboxylic acids is 2. The average molecular weight is 155 g/mol. The highest BCUT2D eigenvalue weighted by atomic mass is 16.2. The summed E-state index contributed by atoms with van der Waals surface area (Å²) in [5.74, 6) is -0.380. The number of amides is 2. The molecule has 0 fully saturated rings. The highest BCUT2D eigenvalue weighted by Gasteiger charge is 2.04. The minimum atomic E-state index is -0.380. The van der Waals surface area contributed by atoms with E-state index in [-0.39, 0.29) is 11.3 Å². The van der Waals surface area contributed by atoms with Gasteiger partial charge >= 0.3 is 0 Å². The summed E-state index contributed by atoms with van der Waals surface area (Å²) in [6.45, 7) is 5.91. The minimum absolute atomic E-state index is 0.0276. The smallest absolute Gasteiger partial charge is 0.250 e. The third-order valence-corrected chi connectivity index (χ3v) is 0.936. The quantitative estimate of drug-likeness (QED) is 0.475. The van der Waals surface area contributed by atoms with Gasteiger partial charge in [0.1, 0.15) is 0 Å². The topological polar surface area (TPSA) is 46.2 Å². The Hall–Kier alpha value is -1.12. The van der Waals surface area contributed by atoms with Gasteiger partial charge < -0.3 is 0 Å². The molecule has 0 bridgehead atoms. The van der Waals surface area contributed by atoms with Crippen LogP contribution in [0.15, 0.2) is 12.2 Å². The van der Waals surface area contributed by atoms with E-state index < -0.39 is 0 Å². The molecule has 2 amide bonds. The predicted octanol–water partition coefficient (Wildman–Crippen LogP) is 0.861. The van der Waals surface area contributed by atoms with Gasteiger partial charge in [-0.25, -0.2) is 0 Å². The first-order valence-electron chi connectivity index (χ1n) is 3.39. The number of nitrogens with one attached hydrogen (secondary N) is 1. The summed E-state index contributed by atoms with van der Waals surface area (Å²) in [4.78, 5) is 20.4. The largest absolute Gasteiger partial charge is 0.295 e. The van der Waals surface area contributed by atoms with E-state index in [4.69, 9.17) is 0 Å². The second-order valence-corrected chi connectivity index (χ2v) is 3.33.